The minimum absolute atomic E-state index is 0.0868. The maximum atomic E-state index is 10.7. The van der Waals surface area contributed by atoms with Crippen molar-refractivity contribution < 1.29 is 9.50 Å². The molecule has 0 heterocycles. The zero-order chi connectivity index (χ0) is 4.12. The van der Waals surface area contributed by atoms with Crippen LogP contribution >= 0.6 is 0 Å². The average molecular weight is 77.1 g/mol. The summed E-state index contributed by atoms with van der Waals surface area (Å²) < 4.78 is 10.7. The number of halogens is 1. The molecule has 0 aromatic carbocycles. The Labute approximate surface area is 30.4 Å². The largest absolute Gasteiger partial charge is 0.396 e. The van der Waals surface area contributed by atoms with E-state index in [1.165, 1.54) is 0 Å². The Hall–Kier alpha value is -0.110. The van der Waals surface area contributed by atoms with Gasteiger partial charge in [0.1, 0.15) is 6.67 Å². The van der Waals surface area contributed by atoms with Gasteiger partial charge in [0.25, 0.3) is 0 Å². The van der Waals surface area contributed by atoms with Gasteiger partial charge in [-0.1, -0.05) is 0 Å². The van der Waals surface area contributed by atoms with Gasteiger partial charge in [-0.3, -0.25) is 0 Å². The van der Waals surface area contributed by atoms with Crippen molar-refractivity contribution in [1.29, 1.82) is 0 Å². The molecule has 0 bridgehead atoms. The van der Waals surface area contributed by atoms with Gasteiger partial charge in [0.05, 0.1) is 0 Å². The summed E-state index contributed by atoms with van der Waals surface area (Å²) in [6, 6.07) is 0. The molecule has 0 atom stereocenters. The summed E-state index contributed by atoms with van der Waals surface area (Å²) in [6.45, 7) is 0.344. The fourth-order valence-electron chi connectivity index (χ4n) is 0.0488. The predicted molar refractivity (Wildman–Crippen MR) is 17.1 cm³/mol. The third-order valence-corrected chi connectivity index (χ3v) is 0.238. The van der Waals surface area contributed by atoms with Crippen LogP contribution in [0.15, 0.2) is 0 Å². The van der Waals surface area contributed by atoms with E-state index in [2.05, 4.69) is 0 Å². The molecule has 0 saturated heterocycles. The number of aliphatic hydroxyl groups is 1. The maximum Gasteiger partial charge on any atom is 0.133 e. The highest BCUT2D eigenvalue weighted by molar-refractivity contribution is 4.40. The molecule has 0 aromatic heterocycles. The molecular weight excluding hydrogens is 71.0 g/mol. The topological polar surface area (TPSA) is 20.2 Å². The van der Waals surface area contributed by atoms with E-state index in [-0.39, 0.29) is 13.0 Å². The highest BCUT2D eigenvalue weighted by Crippen LogP contribution is 1.80. The van der Waals surface area contributed by atoms with Gasteiger partial charge in [-0.2, -0.15) is 0 Å². The Kier molecular flexibility index (Phi) is 3.80. The number of hydrogen-bond acceptors (Lipinski definition) is 1. The van der Waals surface area contributed by atoms with Gasteiger partial charge < -0.3 is 5.11 Å². The lowest BCUT2D eigenvalue weighted by atomic mass is 10.5. The SMILES string of the molecule is OCC[CH]F. The van der Waals surface area contributed by atoms with Crippen LogP contribution in [-0.2, 0) is 0 Å². The summed E-state index contributed by atoms with van der Waals surface area (Å²) in [7, 11) is 0. The van der Waals surface area contributed by atoms with Crippen molar-refractivity contribution in [2.45, 2.75) is 6.42 Å². The monoisotopic (exact) mass is 77.0 g/mol. The van der Waals surface area contributed by atoms with E-state index in [4.69, 9.17) is 5.11 Å². The van der Waals surface area contributed by atoms with Crippen molar-refractivity contribution in [3.05, 3.63) is 6.67 Å². The molecule has 2 heteroatoms. The molecule has 0 aliphatic carbocycles. The van der Waals surface area contributed by atoms with Crippen LogP contribution in [0.25, 0.3) is 0 Å². The minimum Gasteiger partial charge on any atom is -0.396 e. The van der Waals surface area contributed by atoms with Crippen LogP contribution in [0.3, 0.4) is 0 Å². The van der Waals surface area contributed by atoms with E-state index in [0.717, 1.165) is 0 Å². The zero-order valence-electron chi connectivity index (χ0n) is 2.82. The summed E-state index contributed by atoms with van der Waals surface area (Å²) in [6.07, 6.45) is 0.153. The summed E-state index contributed by atoms with van der Waals surface area (Å²) in [5, 5.41) is 7.80. The Morgan fingerprint density at radius 1 is 1.80 bits per heavy atom. The molecule has 0 aliphatic rings. The minimum atomic E-state index is -0.0868. The average Bonchev–Trinajstić information content (AvgIpc) is 1.41. The van der Waals surface area contributed by atoms with Gasteiger partial charge in [0.2, 0.25) is 0 Å². The van der Waals surface area contributed by atoms with E-state index in [9.17, 15) is 4.39 Å². The molecule has 0 amide bonds. The Bertz CT molecular complexity index is 14.4. The fourth-order valence-corrected chi connectivity index (χ4v) is 0.0488. The molecule has 0 spiro atoms. The third kappa shape index (κ3) is 3.89. The lowest BCUT2D eigenvalue weighted by Crippen LogP contribution is -1.75. The number of hydrogen-bond donors (Lipinski definition) is 1. The molecule has 0 aromatic rings. The molecular formula is C3H6FO. The quantitative estimate of drug-likeness (QED) is 0.508. The number of aliphatic hydroxyl groups excluding tert-OH is 1. The first kappa shape index (κ1) is 4.89. The van der Waals surface area contributed by atoms with Crippen LogP contribution in [-0.4, -0.2) is 11.7 Å². The van der Waals surface area contributed by atoms with Crippen molar-refractivity contribution in [3.63, 3.8) is 0 Å². The number of rotatable bonds is 2. The molecule has 31 valence electrons. The first-order valence-electron chi connectivity index (χ1n) is 1.44. The van der Waals surface area contributed by atoms with Crippen molar-refractivity contribution >= 4 is 0 Å². The smallest absolute Gasteiger partial charge is 0.133 e. The molecule has 1 radical (unpaired) electrons. The van der Waals surface area contributed by atoms with Gasteiger partial charge in [-0.05, 0) is 0 Å². The van der Waals surface area contributed by atoms with Gasteiger partial charge >= 0.3 is 0 Å². The van der Waals surface area contributed by atoms with Crippen LogP contribution in [0, 0.1) is 6.67 Å². The summed E-state index contributed by atoms with van der Waals surface area (Å²) >= 11 is 0. The van der Waals surface area contributed by atoms with Gasteiger partial charge in [0, 0.05) is 13.0 Å². The molecule has 1 nitrogen and oxygen atoms in total. The first-order chi connectivity index (χ1) is 2.41. The molecule has 0 unspecified atom stereocenters. The summed E-state index contributed by atoms with van der Waals surface area (Å²) in [4.78, 5) is 0. The summed E-state index contributed by atoms with van der Waals surface area (Å²) in [5.41, 5.74) is 0. The lowest BCUT2D eigenvalue weighted by molar-refractivity contribution is 0.286. The second-order valence-electron chi connectivity index (χ2n) is 0.667. The van der Waals surface area contributed by atoms with Crippen molar-refractivity contribution in [1.82, 2.24) is 0 Å². The highest BCUT2D eigenvalue weighted by Gasteiger charge is 1.74. The molecule has 1 N–H and O–H groups in total. The summed E-state index contributed by atoms with van der Waals surface area (Å²) in [5.74, 6) is 0. The van der Waals surface area contributed by atoms with E-state index < -0.39 is 0 Å². The Morgan fingerprint density at radius 3 is 2.40 bits per heavy atom. The second-order valence-corrected chi connectivity index (χ2v) is 0.667. The van der Waals surface area contributed by atoms with Gasteiger partial charge in [0.15, 0.2) is 0 Å². The van der Waals surface area contributed by atoms with E-state index in [1.54, 1.807) is 0 Å². The van der Waals surface area contributed by atoms with Crippen molar-refractivity contribution in [2.75, 3.05) is 6.61 Å². The van der Waals surface area contributed by atoms with Gasteiger partial charge in [-0.25, -0.2) is 4.39 Å². The molecule has 0 aliphatic heterocycles. The lowest BCUT2D eigenvalue weighted by Gasteiger charge is -1.75. The van der Waals surface area contributed by atoms with Crippen LogP contribution < -0.4 is 0 Å². The van der Waals surface area contributed by atoms with Crippen LogP contribution in [0.5, 0.6) is 0 Å². The van der Waals surface area contributed by atoms with Crippen LogP contribution in [0.1, 0.15) is 6.42 Å². The van der Waals surface area contributed by atoms with E-state index >= 15 is 0 Å². The third-order valence-electron chi connectivity index (χ3n) is 0.238. The Balaban J connectivity index is 2.19. The van der Waals surface area contributed by atoms with Crippen molar-refractivity contribution in [3.8, 4) is 0 Å². The van der Waals surface area contributed by atoms with Crippen LogP contribution in [0.2, 0.25) is 0 Å². The maximum absolute atomic E-state index is 10.7. The molecule has 0 fully saturated rings. The predicted octanol–water partition coefficient (Wildman–Crippen LogP) is 0.500. The molecule has 5 heavy (non-hydrogen) atoms. The first-order valence-corrected chi connectivity index (χ1v) is 1.44. The highest BCUT2D eigenvalue weighted by atomic mass is 19.1. The van der Waals surface area contributed by atoms with Gasteiger partial charge in [-0.15, -0.1) is 0 Å². The van der Waals surface area contributed by atoms with Crippen LogP contribution in [0.4, 0.5) is 4.39 Å². The molecule has 0 rings (SSSR count). The Morgan fingerprint density at radius 2 is 2.40 bits per heavy atom. The van der Waals surface area contributed by atoms with Crippen molar-refractivity contribution in [2.24, 2.45) is 0 Å². The zero-order valence-corrected chi connectivity index (χ0v) is 2.82. The molecule has 0 saturated carbocycles. The van der Waals surface area contributed by atoms with E-state index in [0.29, 0.717) is 6.67 Å². The normalized spacial score (nSPS) is 8.40. The van der Waals surface area contributed by atoms with E-state index in [1.807, 2.05) is 0 Å². The fraction of sp³-hybridized carbons (Fsp3) is 0.667. The standard InChI is InChI=1S/C3H6FO/c4-2-1-3-5/h2,5H,1,3H2. The second kappa shape index (κ2) is 3.89.